The summed E-state index contributed by atoms with van der Waals surface area (Å²) in [5.41, 5.74) is -0.187. The third-order valence-corrected chi connectivity index (χ3v) is 1.99. The van der Waals surface area contributed by atoms with Crippen LogP contribution in [0, 0.1) is 5.41 Å². The van der Waals surface area contributed by atoms with Crippen LogP contribution in [0.1, 0.15) is 20.3 Å². The average Bonchev–Trinajstić information content (AvgIpc) is 1.98. The van der Waals surface area contributed by atoms with E-state index >= 15 is 0 Å². The zero-order valence-corrected chi connectivity index (χ0v) is 10.4. The summed E-state index contributed by atoms with van der Waals surface area (Å²) in [6.45, 7) is 7.66. The summed E-state index contributed by atoms with van der Waals surface area (Å²) in [4.78, 5) is 11.1. The van der Waals surface area contributed by atoms with E-state index < -0.39 is 9.76 Å². The van der Waals surface area contributed by atoms with Crippen LogP contribution < -0.4 is 0 Å². The van der Waals surface area contributed by atoms with Crippen molar-refractivity contribution >= 4 is 40.8 Å². The van der Waals surface area contributed by atoms with Crippen molar-refractivity contribution in [2.24, 2.45) is 5.41 Å². The number of carbonyl (C=O) groups is 1. The maximum atomic E-state index is 11.1. The minimum Gasteiger partial charge on any atom is -0.462 e. The van der Waals surface area contributed by atoms with E-state index in [1.165, 1.54) is 0 Å². The van der Waals surface area contributed by atoms with Crippen LogP contribution in [-0.4, -0.2) is 16.4 Å². The number of halogens is 3. The van der Waals surface area contributed by atoms with Gasteiger partial charge in [-0.05, 0) is 6.42 Å². The predicted molar refractivity (Wildman–Crippen MR) is 59.8 cm³/mol. The maximum absolute atomic E-state index is 11.1. The molecule has 82 valence electrons. The van der Waals surface area contributed by atoms with E-state index in [2.05, 4.69) is 6.58 Å². The van der Waals surface area contributed by atoms with Gasteiger partial charge in [0.2, 0.25) is 0 Å². The van der Waals surface area contributed by atoms with Gasteiger partial charge in [0, 0.05) is 5.41 Å². The Morgan fingerprint density at radius 3 is 2.29 bits per heavy atom. The van der Waals surface area contributed by atoms with Gasteiger partial charge in [0.05, 0.1) is 6.61 Å². The normalized spacial score (nSPS) is 12.4. The number of allylic oxidation sites excluding steroid dienone is 1. The highest BCUT2D eigenvalue weighted by atomic mass is 35.6. The first-order valence-electron chi connectivity index (χ1n) is 4.04. The highest BCUT2D eigenvalue weighted by Gasteiger charge is 2.33. The molecule has 0 heterocycles. The second-order valence-electron chi connectivity index (χ2n) is 3.73. The van der Waals surface area contributed by atoms with E-state index in [9.17, 15) is 4.79 Å². The van der Waals surface area contributed by atoms with Crippen LogP contribution in [-0.2, 0) is 9.53 Å². The van der Waals surface area contributed by atoms with Crippen LogP contribution in [0.3, 0.4) is 0 Å². The van der Waals surface area contributed by atoms with Crippen LogP contribution in [0.15, 0.2) is 12.7 Å². The Labute approximate surface area is 99.2 Å². The fourth-order valence-electron chi connectivity index (χ4n) is 0.792. The summed E-state index contributed by atoms with van der Waals surface area (Å²) >= 11 is 16.0. The second kappa shape index (κ2) is 5.24. The molecule has 0 radical (unpaired) electrons. The second-order valence-corrected chi connectivity index (χ2v) is 6.01. The van der Waals surface area contributed by atoms with E-state index in [0.717, 1.165) is 6.42 Å². The van der Waals surface area contributed by atoms with Gasteiger partial charge in [0.1, 0.15) is 0 Å². The molecule has 0 aliphatic heterocycles. The third kappa shape index (κ3) is 5.74. The predicted octanol–water partition coefficient (Wildman–Crippen LogP) is 3.50. The van der Waals surface area contributed by atoms with Crippen molar-refractivity contribution in [3.63, 3.8) is 0 Å². The van der Waals surface area contributed by atoms with Gasteiger partial charge in [0.25, 0.3) is 3.79 Å². The lowest BCUT2D eigenvalue weighted by molar-refractivity contribution is -0.145. The zero-order valence-electron chi connectivity index (χ0n) is 8.15. The van der Waals surface area contributed by atoms with Gasteiger partial charge in [-0.25, -0.2) is 4.79 Å². The Kier molecular flexibility index (Phi) is 5.27. The quantitative estimate of drug-likeness (QED) is 0.439. The number of carbonyl (C=O) groups excluding carboxylic acids is 1. The largest absolute Gasteiger partial charge is 0.462 e. The van der Waals surface area contributed by atoms with Gasteiger partial charge in [-0.1, -0.05) is 54.7 Å². The van der Waals surface area contributed by atoms with E-state index in [1.807, 2.05) is 13.8 Å². The molecule has 0 spiro atoms. The molecule has 0 aliphatic carbocycles. The molecule has 0 aromatic carbocycles. The van der Waals surface area contributed by atoms with E-state index in [1.54, 1.807) is 6.08 Å². The van der Waals surface area contributed by atoms with E-state index in [0.29, 0.717) is 0 Å². The molecule has 0 saturated carbocycles. The number of hydrogen-bond donors (Lipinski definition) is 0. The van der Waals surface area contributed by atoms with Crippen molar-refractivity contribution in [3.05, 3.63) is 12.7 Å². The lowest BCUT2D eigenvalue weighted by atomic mass is 9.91. The number of esters is 1. The fourth-order valence-corrected chi connectivity index (χ4v) is 0.956. The molecular formula is C9H13Cl3O2. The van der Waals surface area contributed by atoms with Crippen molar-refractivity contribution in [2.75, 3.05) is 6.61 Å². The minimum atomic E-state index is -2.00. The van der Waals surface area contributed by atoms with Gasteiger partial charge in [-0.15, -0.1) is 6.58 Å². The smallest absolute Gasteiger partial charge is 0.358 e. The first kappa shape index (κ1) is 14.1. The number of rotatable bonds is 4. The molecule has 0 unspecified atom stereocenters. The van der Waals surface area contributed by atoms with Crippen LogP contribution in [0.4, 0.5) is 0 Å². The fraction of sp³-hybridized carbons (Fsp3) is 0.667. The first-order chi connectivity index (χ1) is 6.19. The van der Waals surface area contributed by atoms with Crippen LogP contribution in [0.25, 0.3) is 0 Å². The molecule has 0 N–H and O–H groups in total. The molecule has 14 heavy (non-hydrogen) atoms. The van der Waals surface area contributed by atoms with Gasteiger partial charge in [0.15, 0.2) is 0 Å². The van der Waals surface area contributed by atoms with Gasteiger partial charge >= 0.3 is 5.97 Å². The number of hydrogen-bond acceptors (Lipinski definition) is 2. The van der Waals surface area contributed by atoms with E-state index in [4.69, 9.17) is 39.5 Å². The molecule has 0 rings (SSSR count). The highest BCUT2D eigenvalue weighted by molar-refractivity contribution is 6.75. The summed E-state index contributed by atoms with van der Waals surface area (Å²) in [5.74, 6) is -0.848. The Bertz CT molecular complexity index is 219. The topological polar surface area (TPSA) is 26.3 Å². The molecule has 0 saturated heterocycles. The first-order valence-corrected chi connectivity index (χ1v) is 5.17. The highest BCUT2D eigenvalue weighted by Crippen LogP contribution is 2.29. The van der Waals surface area contributed by atoms with Crippen molar-refractivity contribution in [1.29, 1.82) is 0 Å². The lowest BCUT2D eigenvalue weighted by Gasteiger charge is -2.23. The number of alkyl halides is 3. The molecule has 5 heteroatoms. The third-order valence-electron chi connectivity index (χ3n) is 1.52. The monoisotopic (exact) mass is 258 g/mol. The van der Waals surface area contributed by atoms with Crippen molar-refractivity contribution in [2.45, 2.75) is 24.1 Å². The summed E-state index contributed by atoms with van der Waals surface area (Å²) in [6, 6.07) is 0. The van der Waals surface area contributed by atoms with Crippen molar-refractivity contribution in [3.8, 4) is 0 Å². The molecule has 2 nitrogen and oxygen atoms in total. The summed E-state index contributed by atoms with van der Waals surface area (Å²) in [7, 11) is 0. The molecular weight excluding hydrogens is 246 g/mol. The average molecular weight is 260 g/mol. The Hall–Kier alpha value is 0.0800. The van der Waals surface area contributed by atoms with Crippen molar-refractivity contribution < 1.29 is 9.53 Å². The molecule has 0 aliphatic rings. The van der Waals surface area contributed by atoms with Crippen LogP contribution >= 0.6 is 34.8 Å². The minimum absolute atomic E-state index is 0.187. The van der Waals surface area contributed by atoms with Gasteiger partial charge < -0.3 is 4.74 Å². The summed E-state index contributed by atoms with van der Waals surface area (Å²) < 4.78 is 2.85. The Morgan fingerprint density at radius 1 is 1.43 bits per heavy atom. The summed E-state index contributed by atoms with van der Waals surface area (Å²) in [5, 5.41) is 0. The summed E-state index contributed by atoms with van der Waals surface area (Å²) in [6.07, 6.45) is 2.48. The Morgan fingerprint density at radius 2 is 1.93 bits per heavy atom. The zero-order chi connectivity index (χ0) is 11.4. The molecule has 0 bridgehead atoms. The molecule has 0 aromatic heterocycles. The lowest BCUT2D eigenvalue weighted by Crippen LogP contribution is -2.28. The van der Waals surface area contributed by atoms with Crippen LogP contribution in [0.5, 0.6) is 0 Å². The SMILES string of the molecule is C=CCC(C)(C)COC(=O)C(Cl)(Cl)Cl. The molecule has 0 fully saturated rings. The number of ether oxygens (including phenoxy) is 1. The van der Waals surface area contributed by atoms with E-state index in [-0.39, 0.29) is 12.0 Å². The standard InChI is InChI=1S/C9H13Cl3O2/c1-4-5-8(2,3)6-14-7(13)9(10,11)12/h4H,1,5-6H2,2-3H3. The van der Waals surface area contributed by atoms with Crippen LogP contribution in [0.2, 0.25) is 0 Å². The Balaban J connectivity index is 4.06. The maximum Gasteiger partial charge on any atom is 0.358 e. The van der Waals surface area contributed by atoms with Gasteiger partial charge in [-0.2, -0.15) is 0 Å². The van der Waals surface area contributed by atoms with Gasteiger partial charge in [-0.3, -0.25) is 0 Å². The molecule has 0 aromatic rings. The molecule has 0 amide bonds. The molecule has 0 atom stereocenters. The van der Waals surface area contributed by atoms with Crippen molar-refractivity contribution in [1.82, 2.24) is 0 Å².